The number of halogens is 1. The standard InChI is InChI=1S/C8H11Br/c1-6(9)7(2-3-7)8(6)4-5-8/h2-5H2,1H3. The zero-order chi connectivity index (χ0) is 6.33. The lowest BCUT2D eigenvalue weighted by molar-refractivity contribution is 0.716. The van der Waals surface area contributed by atoms with Gasteiger partial charge in [-0.25, -0.2) is 0 Å². The van der Waals surface area contributed by atoms with Crippen LogP contribution in [-0.4, -0.2) is 4.32 Å². The van der Waals surface area contributed by atoms with Gasteiger partial charge in [0.25, 0.3) is 0 Å². The van der Waals surface area contributed by atoms with Crippen molar-refractivity contribution in [2.45, 2.75) is 36.9 Å². The van der Waals surface area contributed by atoms with Gasteiger partial charge in [-0.15, -0.1) is 0 Å². The maximum atomic E-state index is 3.85. The number of rotatable bonds is 0. The van der Waals surface area contributed by atoms with Crippen molar-refractivity contribution in [3.63, 3.8) is 0 Å². The summed E-state index contributed by atoms with van der Waals surface area (Å²) in [5, 5.41) is 0. The highest BCUT2D eigenvalue weighted by Gasteiger charge is 2.92. The summed E-state index contributed by atoms with van der Waals surface area (Å²) in [6.45, 7) is 2.40. The summed E-state index contributed by atoms with van der Waals surface area (Å²) in [7, 11) is 0. The summed E-state index contributed by atoms with van der Waals surface area (Å²) < 4.78 is 0.576. The van der Waals surface area contributed by atoms with E-state index in [2.05, 4.69) is 22.9 Å². The van der Waals surface area contributed by atoms with Crippen LogP contribution in [0.1, 0.15) is 32.6 Å². The molecule has 0 N–H and O–H groups in total. The summed E-state index contributed by atoms with van der Waals surface area (Å²) in [5.41, 5.74) is 1.64. The Bertz CT molecular complexity index is 154. The van der Waals surface area contributed by atoms with E-state index in [1.807, 2.05) is 0 Å². The smallest absolute Gasteiger partial charge is 0.0353 e. The van der Waals surface area contributed by atoms with Gasteiger partial charge in [0.2, 0.25) is 0 Å². The van der Waals surface area contributed by atoms with Gasteiger partial charge in [0.15, 0.2) is 0 Å². The fourth-order valence-electron chi connectivity index (χ4n) is 3.15. The average Bonchev–Trinajstić information content (AvgIpc) is 2.60. The van der Waals surface area contributed by atoms with Gasteiger partial charge in [-0.05, 0) is 43.4 Å². The van der Waals surface area contributed by atoms with Crippen molar-refractivity contribution < 1.29 is 0 Å². The molecule has 50 valence electrons. The van der Waals surface area contributed by atoms with Crippen LogP contribution in [0.3, 0.4) is 0 Å². The lowest BCUT2D eigenvalue weighted by atomic mass is 10.3. The van der Waals surface area contributed by atoms with Gasteiger partial charge in [0.1, 0.15) is 0 Å². The lowest BCUT2D eigenvalue weighted by Gasteiger charge is -1.93. The van der Waals surface area contributed by atoms with E-state index in [4.69, 9.17) is 0 Å². The summed E-state index contributed by atoms with van der Waals surface area (Å²) in [5.74, 6) is 0. The molecular weight excluding hydrogens is 176 g/mol. The fourth-order valence-corrected chi connectivity index (χ4v) is 4.60. The second kappa shape index (κ2) is 0.939. The summed E-state index contributed by atoms with van der Waals surface area (Å²) in [6.07, 6.45) is 6.03. The molecular formula is C8H11Br. The molecule has 0 amide bonds. The molecule has 1 heteroatoms. The van der Waals surface area contributed by atoms with E-state index in [9.17, 15) is 0 Å². The molecule has 0 unspecified atom stereocenters. The van der Waals surface area contributed by atoms with Crippen molar-refractivity contribution in [3.05, 3.63) is 0 Å². The molecule has 3 aliphatic carbocycles. The zero-order valence-electron chi connectivity index (χ0n) is 5.71. The van der Waals surface area contributed by atoms with Gasteiger partial charge < -0.3 is 0 Å². The third kappa shape index (κ3) is 0.283. The maximum absolute atomic E-state index is 3.85. The van der Waals surface area contributed by atoms with Crippen molar-refractivity contribution >= 4 is 15.9 Å². The molecule has 2 spiro atoms. The fraction of sp³-hybridized carbons (Fsp3) is 1.00. The van der Waals surface area contributed by atoms with E-state index < -0.39 is 0 Å². The third-order valence-corrected chi connectivity index (χ3v) is 5.67. The molecule has 3 aliphatic rings. The van der Waals surface area contributed by atoms with Crippen LogP contribution in [0.25, 0.3) is 0 Å². The van der Waals surface area contributed by atoms with Crippen molar-refractivity contribution in [2.75, 3.05) is 0 Å². The molecule has 3 fully saturated rings. The quantitative estimate of drug-likeness (QED) is 0.511. The van der Waals surface area contributed by atoms with E-state index in [-0.39, 0.29) is 0 Å². The van der Waals surface area contributed by atoms with Gasteiger partial charge in [0, 0.05) is 4.32 Å². The normalized spacial score (nSPS) is 54.0. The lowest BCUT2D eigenvalue weighted by Crippen LogP contribution is -1.93. The molecule has 0 aromatic carbocycles. The highest BCUT2D eigenvalue weighted by atomic mass is 79.9. The van der Waals surface area contributed by atoms with Crippen LogP contribution in [-0.2, 0) is 0 Å². The Kier molecular flexibility index (Phi) is 0.540. The number of hydrogen-bond acceptors (Lipinski definition) is 0. The average molecular weight is 187 g/mol. The molecule has 0 aromatic heterocycles. The number of alkyl halides is 1. The molecule has 0 aromatic rings. The Morgan fingerprint density at radius 3 is 1.44 bits per heavy atom. The molecule has 3 saturated carbocycles. The van der Waals surface area contributed by atoms with Gasteiger partial charge in [0.05, 0.1) is 0 Å². The van der Waals surface area contributed by atoms with Crippen molar-refractivity contribution in [2.24, 2.45) is 10.8 Å². The Morgan fingerprint density at radius 2 is 1.33 bits per heavy atom. The molecule has 0 saturated heterocycles. The molecule has 3 rings (SSSR count). The van der Waals surface area contributed by atoms with E-state index >= 15 is 0 Å². The molecule has 0 bridgehead atoms. The Labute approximate surface area is 64.1 Å². The minimum atomic E-state index is 0.576. The van der Waals surface area contributed by atoms with E-state index in [0.717, 1.165) is 10.8 Å². The Hall–Kier alpha value is 0.480. The van der Waals surface area contributed by atoms with Crippen molar-refractivity contribution in [3.8, 4) is 0 Å². The van der Waals surface area contributed by atoms with Gasteiger partial charge in [-0.2, -0.15) is 0 Å². The van der Waals surface area contributed by atoms with E-state index in [1.165, 1.54) is 25.7 Å². The molecule has 0 atom stereocenters. The van der Waals surface area contributed by atoms with Crippen LogP contribution in [0, 0.1) is 10.8 Å². The number of fused-ring (bicyclic) bond motifs is 1. The van der Waals surface area contributed by atoms with E-state index in [0.29, 0.717) is 4.32 Å². The Morgan fingerprint density at radius 1 is 1.00 bits per heavy atom. The summed E-state index contributed by atoms with van der Waals surface area (Å²) in [6, 6.07) is 0. The predicted molar refractivity (Wildman–Crippen MR) is 40.7 cm³/mol. The van der Waals surface area contributed by atoms with Crippen LogP contribution in [0.4, 0.5) is 0 Å². The molecule has 0 aliphatic heterocycles. The molecule has 9 heavy (non-hydrogen) atoms. The second-order valence-electron chi connectivity index (χ2n) is 4.17. The third-order valence-electron chi connectivity index (χ3n) is 4.15. The van der Waals surface area contributed by atoms with Crippen LogP contribution in [0.2, 0.25) is 0 Å². The van der Waals surface area contributed by atoms with Crippen LogP contribution < -0.4 is 0 Å². The molecule has 0 radical (unpaired) electrons. The van der Waals surface area contributed by atoms with Crippen molar-refractivity contribution in [1.29, 1.82) is 0 Å². The topological polar surface area (TPSA) is 0 Å². The van der Waals surface area contributed by atoms with Gasteiger partial charge >= 0.3 is 0 Å². The summed E-state index contributed by atoms with van der Waals surface area (Å²) in [4.78, 5) is 0. The van der Waals surface area contributed by atoms with Crippen LogP contribution in [0.5, 0.6) is 0 Å². The molecule has 0 heterocycles. The number of hydrogen-bond donors (Lipinski definition) is 0. The second-order valence-corrected chi connectivity index (χ2v) is 5.75. The SMILES string of the molecule is CC1(Br)C2(CC2)C12CC2. The highest BCUT2D eigenvalue weighted by Crippen LogP contribution is 2.96. The first-order valence-electron chi connectivity index (χ1n) is 3.85. The first-order valence-corrected chi connectivity index (χ1v) is 4.65. The van der Waals surface area contributed by atoms with Gasteiger partial charge in [-0.3, -0.25) is 0 Å². The monoisotopic (exact) mass is 186 g/mol. The highest BCUT2D eigenvalue weighted by molar-refractivity contribution is 9.10. The van der Waals surface area contributed by atoms with Gasteiger partial charge in [-0.1, -0.05) is 15.9 Å². The predicted octanol–water partition coefficient (Wildman–Crippen LogP) is 2.71. The summed E-state index contributed by atoms with van der Waals surface area (Å²) >= 11 is 3.85. The molecule has 0 nitrogen and oxygen atoms in total. The minimum Gasteiger partial charge on any atom is -0.0844 e. The first kappa shape index (κ1) is 5.17. The first-order chi connectivity index (χ1) is 4.16. The largest absolute Gasteiger partial charge is 0.0844 e. The zero-order valence-corrected chi connectivity index (χ0v) is 7.29. The Balaban J connectivity index is 2.11. The van der Waals surface area contributed by atoms with Crippen LogP contribution in [0.15, 0.2) is 0 Å². The minimum absolute atomic E-state index is 0.576. The van der Waals surface area contributed by atoms with Crippen molar-refractivity contribution in [1.82, 2.24) is 0 Å². The maximum Gasteiger partial charge on any atom is 0.0353 e. The van der Waals surface area contributed by atoms with Crippen LogP contribution >= 0.6 is 15.9 Å². The van der Waals surface area contributed by atoms with E-state index in [1.54, 1.807) is 0 Å².